The van der Waals surface area contributed by atoms with Crippen molar-refractivity contribution < 1.29 is 23.8 Å². The molecule has 1 saturated heterocycles. The largest absolute Gasteiger partial charge is 0.466 e. The van der Waals surface area contributed by atoms with E-state index in [2.05, 4.69) is 22.8 Å². The Morgan fingerprint density at radius 1 is 1.08 bits per heavy atom. The van der Waals surface area contributed by atoms with Crippen molar-refractivity contribution in [3.8, 4) is 0 Å². The van der Waals surface area contributed by atoms with E-state index in [-0.39, 0.29) is 17.7 Å². The Morgan fingerprint density at radius 3 is 2.16 bits per heavy atom. The molecule has 2 rings (SSSR count). The maximum atomic E-state index is 11.3. The number of ether oxygens (including phenoxy) is 3. The Labute approximate surface area is 150 Å². The molecule has 6 nitrogen and oxygen atoms in total. The Kier molecular flexibility index (Phi) is 8.86. The smallest absolute Gasteiger partial charge is 0.333 e. The van der Waals surface area contributed by atoms with Crippen LogP contribution in [0.5, 0.6) is 0 Å². The fraction of sp³-hybridized carbons (Fsp3) is 0.684. The van der Waals surface area contributed by atoms with Gasteiger partial charge in [0.1, 0.15) is 12.3 Å². The Hall–Kier alpha value is -1.66. The van der Waals surface area contributed by atoms with E-state index in [9.17, 15) is 9.59 Å². The number of esters is 2. The molecule has 0 atom stereocenters. The van der Waals surface area contributed by atoms with Gasteiger partial charge in [0.15, 0.2) is 0 Å². The first-order chi connectivity index (χ1) is 11.8. The number of carbonyl (C=O) groups is 2. The molecule has 0 bridgehead atoms. The maximum Gasteiger partial charge on any atom is 0.333 e. The van der Waals surface area contributed by atoms with Crippen molar-refractivity contribution in [3.05, 3.63) is 24.3 Å². The quantitative estimate of drug-likeness (QED) is 0.559. The summed E-state index contributed by atoms with van der Waals surface area (Å²) in [5, 5.41) is 0. The van der Waals surface area contributed by atoms with Crippen LogP contribution in [0.15, 0.2) is 24.3 Å². The zero-order chi connectivity index (χ0) is 18.9. The van der Waals surface area contributed by atoms with E-state index in [1.807, 2.05) is 0 Å². The molecule has 142 valence electrons. The van der Waals surface area contributed by atoms with Gasteiger partial charge < -0.3 is 14.2 Å². The van der Waals surface area contributed by atoms with E-state index in [1.54, 1.807) is 13.8 Å². The number of hydrogen-bond donors (Lipinski definition) is 0. The van der Waals surface area contributed by atoms with Gasteiger partial charge in [0.25, 0.3) is 0 Å². The van der Waals surface area contributed by atoms with Crippen molar-refractivity contribution in [1.29, 1.82) is 0 Å². The summed E-state index contributed by atoms with van der Waals surface area (Å²) >= 11 is 0. The molecular weight excluding hydrogens is 322 g/mol. The van der Waals surface area contributed by atoms with Crippen LogP contribution < -0.4 is 0 Å². The zero-order valence-electron chi connectivity index (χ0n) is 15.8. The molecule has 0 N–H and O–H groups in total. The van der Waals surface area contributed by atoms with Gasteiger partial charge in [0.05, 0.1) is 13.7 Å². The highest BCUT2D eigenvalue weighted by atomic mass is 16.5. The van der Waals surface area contributed by atoms with E-state index < -0.39 is 0 Å². The van der Waals surface area contributed by atoms with Gasteiger partial charge in [-0.2, -0.15) is 0 Å². The molecule has 2 aliphatic rings. The maximum absolute atomic E-state index is 11.3. The van der Waals surface area contributed by atoms with Crippen molar-refractivity contribution in [1.82, 2.24) is 4.90 Å². The molecule has 0 aromatic rings. The van der Waals surface area contributed by atoms with Crippen LogP contribution in [0, 0.1) is 0 Å². The van der Waals surface area contributed by atoms with Gasteiger partial charge in [-0.15, -0.1) is 0 Å². The number of methoxy groups -OCH3 is 1. The first-order valence-electron chi connectivity index (χ1n) is 8.78. The average molecular weight is 353 g/mol. The van der Waals surface area contributed by atoms with Gasteiger partial charge in [-0.1, -0.05) is 19.6 Å². The van der Waals surface area contributed by atoms with Gasteiger partial charge in [-0.25, -0.2) is 9.59 Å². The number of carbonyl (C=O) groups excluding carboxylic acids is 2. The van der Waals surface area contributed by atoms with Crippen molar-refractivity contribution >= 4 is 11.9 Å². The third-order valence-corrected chi connectivity index (χ3v) is 4.42. The van der Waals surface area contributed by atoms with E-state index >= 15 is 0 Å². The Balaban J connectivity index is 0.000000381. The minimum atomic E-state index is -0.347. The standard InChI is InChI=1S/C14H23NO3.C5H8O2/c1-12(2)13(16)17-10-8-15-9-11-18-14(15)6-4-3-5-7-14;1-4(2)5(6)7-3/h1,3-11H2,2H3;1H2,2-3H3. The molecule has 1 saturated carbocycles. The van der Waals surface area contributed by atoms with Gasteiger partial charge in [0, 0.05) is 24.2 Å². The third kappa shape index (κ3) is 6.63. The summed E-state index contributed by atoms with van der Waals surface area (Å²) < 4.78 is 15.4. The van der Waals surface area contributed by atoms with Crippen LogP contribution in [0.1, 0.15) is 46.0 Å². The second-order valence-corrected chi connectivity index (χ2v) is 6.53. The highest BCUT2D eigenvalue weighted by Gasteiger charge is 2.42. The lowest BCUT2D eigenvalue weighted by Gasteiger charge is -2.39. The fourth-order valence-corrected chi connectivity index (χ4v) is 3.07. The van der Waals surface area contributed by atoms with Crippen LogP contribution in [0.25, 0.3) is 0 Å². The average Bonchev–Trinajstić information content (AvgIpc) is 2.97. The van der Waals surface area contributed by atoms with Gasteiger partial charge >= 0.3 is 11.9 Å². The summed E-state index contributed by atoms with van der Waals surface area (Å²) in [6.45, 7) is 13.1. The predicted molar refractivity (Wildman–Crippen MR) is 95.9 cm³/mol. The summed E-state index contributed by atoms with van der Waals surface area (Å²) in [4.78, 5) is 23.8. The predicted octanol–water partition coefficient (Wildman–Crippen LogP) is 2.83. The molecule has 1 spiro atoms. The molecule has 0 unspecified atom stereocenters. The lowest BCUT2D eigenvalue weighted by molar-refractivity contribution is -0.143. The summed E-state index contributed by atoms with van der Waals surface area (Å²) in [5.74, 6) is -0.646. The van der Waals surface area contributed by atoms with Gasteiger partial charge in [0.2, 0.25) is 0 Å². The van der Waals surface area contributed by atoms with Crippen LogP contribution in [0.4, 0.5) is 0 Å². The molecule has 0 amide bonds. The van der Waals surface area contributed by atoms with Crippen molar-refractivity contribution in [2.45, 2.75) is 51.7 Å². The number of rotatable bonds is 5. The summed E-state index contributed by atoms with van der Waals surface area (Å²) in [5.41, 5.74) is 0.830. The minimum Gasteiger partial charge on any atom is -0.466 e. The fourth-order valence-electron chi connectivity index (χ4n) is 3.07. The van der Waals surface area contributed by atoms with Gasteiger partial charge in [-0.3, -0.25) is 4.90 Å². The lowest BCUT2D eigenvalue weighted by Crippen LogP contribution is -2.47. The normalized spacial score (nSPS) is 18.8. The molecule has 0 radical (unpaired) electrons. The molecule has 0 aromatic carbocycles. The number of nitrogens with zero attached hydrogens (tertiary/aromatic N) is 1. The van der Waals surface area contributed by atoms with E-state index in [4.69, 9.17) is 9.47 Å². The Morgan fingerprint density at radius 2 is 1.68 bits per heavy atom. The highest BCUT2D eigenvalue weighted by Crippen LogP contribution is 2.37. The molecule has 1 aliphatic heterocycles. The summed E-state index contributed by atoms with van der Waals surface area (Å²) in [6, 6.07) is 0. The van der Waals surface area contributed by atoms with E-state index in [1.165, 1.54) is 26.4 Å². The van der Waals surface area contributed by atoms with Crippen molar-refractivity contribution in [2.24, 2.45) is 0 Å². The van der Waals surface area contributed by atoms with Crippen LogP contribution >= 0.6 is 0 Å². The molecular formula is C19H31NO5. The summed E-state index contributed by atoms with van der Waals surface area (Å²) in [6.07, 6.45) is 6.01. The monoisotopic (exact) mass is 353 g/mol. The molecule has 1 heterocycles. The molecule has 2 fully saturated rings. The van der Waals surface area contributed by atoms with Gasteiger partial charge in [-0.05, 0) is 39.5 Å². The lowest BCUT2D eigenvalue weighted by atomic mass is 9.91. The second kappa shape index (κ2) is 10.4. The summed E-state index contributed by atoms with van der Waals surface area (Å²) in [7, 11) is 1.33. The first kappa shape index (κ1) is 21.4. The van der Waals surface area contributed by atoms with Crippen LogP contribution in [-0.2, 0) is 23.8 Å². The van der Waals surface area contributed by atoms with Crippen molar-refractivity contribution in [2.75, 3.05) is 33.4 Å². The SMILES string of the molecule is C=C(C)C(=O)OC.C=C(C)C(=O)OCCN1CCOC12CCCCC2. The topological polar surface area (TPSA) is 65.1 Å². The van der Waals surface area contributed by atoms with Crippen molar-refractivity contribution in [3.63, 3.8) is 0 Å². The third-order valence-electron chi connectivity index (χ3n) is 4.42. The molecule has 0 aromatic heterocycles. The van der Waals surface area contributed by atoms with E-state index in [0.717, 1.165) is 32.5 Å². The number of hydrogen-bond acceptors (Lipinski definition) is 6. The molecule has 1 aliphatic carbocycles. The van der Waals surface area contributed by atoms with E-state index in [0.29, 0.717) is 17.8 Å². The minimum absolute atomic E-state index is 0.0616. The zero-order valence-corrected chi connectivity index (χ0v) is 15.8. The molecule has 6 heteroatoms. The first-order valence-corrected chi connectivity index (χ1v) is 8.78. The highest BCUT2D eigenvalue weighted by molar-refractivity contribution is 5.87. The Bertz CT molecular complexity index is 494. The molecule has 25 heavy (non-hydrogen) atoms. The van der Waals surface area contributed by atoms with Crippen LogP contribution in [0.2, 0.25) is 0 Å². The van der Waals surface area contributed by atoms with Crippen LogP contribution in [0.3, 0.4) is 0 Å². The second-order valence-electron chi connectivity index (χ2n) is 6.53. The van der Waals surface area contributed by atoms with Crippen LogP contribution in [-0.4, -0.2) is 56.0 Å².